The summed E-state index contributed by atoms with van der Waals surface area (Å²) in [7, 11) is 0. The second kappa shape index (κ2) is 6.72. The molecule has 0 aliphatic rings. The number of carbonyl (C=O) groups excluding carboxylic acids is 1. The van der Waals surface area contributed by atoms with Crippen molar-refractivity contribution >= 4 is 28.0 Å². The molecule has 0 fully saturated rings. The van der Waals surface area contributed by atoms with Gasteiger partial charge in [0.05, 0.1) is 23.4 Å². The fourth-order valence-corrected chi connectivity index (χ4v) is 4.02. The Labute approximate surface area is 155 Å². The van der Waals surface area contributed by atoms with Gasteiger partial charge in [-0.15, -0.1) is 11.3 Å². The summed E-state index contributed by atoms with van der Waals surface area (Å²) in [6, 6.07) is 11.8. The van der Waals surface area contributed by atoms with E-state index in [-0.39, 0.29) is 5.91 Å². The maximum atomic E-state index is 12.8. The van der Waals surface area contributed by atoms with Crippen molar-refractivity contribution in [2.45, 2.75) is 20.4 Å². The lowest BCUT2D eigenvalue weighted by molar-refractivity contribution is 0.0953. The number of benzene rings is 2. The topological polar surface area (TPSA) is 70.7 Å². The molecule has 0 spiro atoms. The van der Waals surface area contributed by atoms with Crippen LogP contribution in [0.1, 0.15) is 25.9 Å². The number of aromatic amines is 1. The molecule has 2 N–H and O–H groups in total. The number of nitrogens with zero attached hydrogens (tertiary/aromatic N) is 2. The molecule has 0 saturated carbocycles. The molecule has 0 aliphatic heterocycles. The number of nitrogens with one attached hydrogen (secondary N) is 2. The van der Waals surface area contributed by atoms with E-state index >= 15 is 0 Å². The minimum Gasteiger partial charge on any atom is -0.347 e. The van der Waals surface area contributed by atoms with Crippen LogP contribution in [-0.4, -0.2) is 21.1 Å². The largest absolute Gasteiger partial charge is 0.347 e. The summed E-state index contributed by atoms with van der Waals surface area (Å²) in [5.74, 6) is -0.0783. The summed E-state index contributed by atoms with van der Waals surface area (Å²) in [4.78, 5) is 18.3. The van der Waals surface area contributed by atoms with Crippen LogP contribution >= 0.6 is 11.3 Å². The molecule has 0 atom stereocenters. The van der Waals surface area contributed by atoms with Gasteiger partial charge < -0.3 is 5.32 Å². The smallest absolute Gasteiger partial charge is 0.252 e. The minimum absolute atomic E-state index is 0.0783. The Morgan fingerprint density at radius 2 is 1.96 bits per heavy atom. The van der Waals surface area contributed by atoms with Gasteiger partial charge in [-0.25, -0.2) is 4.98 Å². The van der Waals surface area contributed by atoms with E-state index in [1.54, 1.807) is 17.5 Å². The second-order valence-corrected chi connectivity index (χ2v) is 7.41. The zero-order valence-electron chi connectivity index (χ0n) is 14.5. The quantitative estimate of drug-likeness (QED) is 0.571. The van der Waals surface area contributed by atoms with Gasteiger partial charge in [-0.1, -0.05) is 30.3 Å². The number of thiazole rings is 1. The predicted molar refractivity (Wildman–Crippen MR) is 104 cm³/mol. The lowest BCUT2D eigenvalue weighted by Crippen LogP contribution is -2.23. The molecule has 2 aromatic heterocycles. The standard InChI is InChI=1S/C20H18N4OS/c1-12-19(26-13(2)24-12)11-21-20(25)18-8-7-15(14-9-22-23-10-14)16-5-3-4-6-17(16)18/h3-10H,11H2,1-2H3,(H,21,25)(H,22,23). The third-order valence-corrected chi connectivity index (χ3v) is 5.46. The third kappa shape index (κ3) is 2.99. The van der Waals surface area contributed by atoms with Crippen LogP contribution in [0.2, 0.25) is 0 Å². The van der Waals surface area contributed by atoms with Crippen LogP contribution in [0.4, 0.5) is 0 Å². The van der Waals surface area contributed by atoms with Gasteiger partial charge in [-0.2, -0.15) is 5.10 Å². The SMILES string of the molecule is Cc1nc(C)c(CNC(=O)c2ccc(-c3cn[nH]c3)c3ccccc23)s1. The highest BCUT2D eigenvalue weighted by molar-refractivity contribution is 7.11. The zero-order chi connectivity index (χ0) is 18.1. The van der Waals surface area contributed by atoms with Gasteiger partial charge >= 0.3 is 0 Å². The summed E-state index contributed by atoms with van der Waals surface area (Å²) in [5, 5.41) is 12.9. The lowest BCUT2D eigenvalue weighted by Gasteiger charge is -2.11. The van der Waals surface area contributed by atoms with E-state index in [2.05, 4.69) is 20.5 Å². The average molecular weight is 362 g/mol. The Morgan fingerprint density at radius 1 is 1.15 bits per heavy atom. The first-order valence-electron chi connectivity index (χ1n) is 8.35. The molecule has 5 nitrogen and oxygen atoms in total. The molecule has 0 aliphatic carbocycles. The summed E-state index contributed by atoms with van der Waals surface area (Å²) >= 11 is 1.62. The van der Waals surface area contributed by atoms with Crippen LogP contribution in [0.25, 0.3) is 21.9 Å². The number of hydrogen-bond donors (Lipinski definition) is 2. The number of aryl methyl sites for hydroxylation is 2. The van der Waals surface area contributed by atoms with Crippen LogP contribution in [0.5, 0.6) is 0 Å². The molecule has 0 bridgehead atoms. The summed E-state index contributed by atoms with van der Waals surface area (Å²) < 4.78 is 0. The molecule has 2 aromatic carbocycles. The van der Waals surface area contributed by atoms with E-state index in [0.29, 0.717) is 12.1 Å². The molecule has 2 heterocycles. The number of fused-ring (bicyclic) bond motifs is 1. The number of H-pyrrole nitrogens is 1. The molecule has 26 heavy (non-hydrogen) atoms. The van der Waals surface area contributed by atoms with Crippen molar-refractivity contribution in [3.63, 3.8) is 0 Å². The van der Waals surface area contributed by atoms with E-state index < -0.39 is 0 Å². The Balaban J connectivity index is 1.67. The van der Waals surface area contributed by atoms with Crippen LogP contribution in [0.3, 0.4) is 0 Å². The van der Waals surface area contributed by atoms with Crippen molar-refractivity contribution in [3.8, 4) is 11.1 Å². The first-order valence-corrected chi connectivity index (χ1v) is 9.17. The number of hydrogen-bond acceptors (Lipinski definition) is 4. The third-order valence-electron chi connectivity index (χ3n) is 4.39. The lowest BCUT2D eigenvalue weighted by atomic mass is 9.96. The van der Waals surface area contributed by atoms with E-state index in [0.717, 1.165) is 37.5 Å². The Kier molecular flexibility index (Phi) is 4.26. The van der Waals surface area contributed by atoms with Gasteiger partial charge in [-0.3, -0.25) is 9.89 Å². The van der Waals surface area contributed by atoms with E-state index in [4.69, 9.17) is 0 Å². The number of rotatable bonds is 4. The molecular weight excluding hydrogens is 344 g/mol. The molecule has 130 valence electrons. The minimum atomic E-state index is -0.0783. The van der Waals surface area contributed by atoms with E-state index in [1.165, 1.54) is 0 Å². The molecule has 0 saturated heterocycles. The van der Waals surface area contributed by atoms with Gasteiger partial charge in [0.15, 0.2) is 0 Å². The molecule has 0 radical (unpaired) electrons. The van der Waals surface area contributed by atoms with E-state index in [1.807, 2.05) is 56.4 Å². The average Bonchev–Trinajstić information content (AvgIpc) is 3.28. The Bertz CT molecular complexity index is 1080. The van der Waals surface area contributed by atoms with Gasteiger partial charge in [0.25, 0.3) is 5.91 Å². The van der Waals surface area contributed by atoms with Crippen molar-refractivity contribution < 1.29 is 4.79 Å². The highest BCUT2D eigenvalue weighted by Gasteiger charge is 2.14. The van der Waals surface area contributed by atoms with Crippen molar-refractivity contribution in [3.05, 3.63) is 69.9 Å². The van der Waals surface area contributed by atoms with Gasteiger partial charge in [0.1, 0.15) is 0 Å². The van der Waals surface area contributed by atoms with Gasteiger partial charge in [0, 0.05) is 22.2 Å². The molecular formula is C20H18N4OS. The molecule has 4 rings (SSSR count). The van der Waals surface area contributed by atoms with Crippen molar-refractivity contribution in [2.75, 3.05) is 0 Å². The Hall–Kier alpha value is -2.99. The molecule has 4 aromatic rings. The maximum Gasteiger partial charge on any atom is 0.252 e. The van der Waals surface area contributed by atoms with Crippen molar-refractivity contribution in [1.29, 1.82) is 0 Å². The summed E-state index contributed by atoms with van der Waals surface area (Å²) in [5.41, 5.74) is 3.71. The predicted octanol–water partition coefficient (Wildman–Crippen LogP) is 4.23. The normalized spacial score (nSPS) is 11.0. The summed E-state index contributed by atoms with van der Waals surface area (Å²) in [6.07, 6.45) is 3.65. The molecule has 0 unspecified atom stereocenters. The number of amides is 1. The first-order chi connectivity index (χ1) is 12.6. The molecule has 1 amide bonds. The first kappa shape index (κ1) is 16.5. The zero-order valence-corrected chi connectivity index (χ0v) is 15.4. The van der Waals surface area contributed by atoms with E-state index in [9.17, 15) is 4.79 Å². The Morgan fingerprint density at radius 3 is 2.65 bits per heavy atom. The summed E-state index contributed by atoms with van der Waals surface area (Å²) in [6.45, 7) is 4.44. The fraction of sp³-hybridized carbons (Fsp3) is 0.150. The monoisotopic (exact) mass is 362 g/mol. The van der Waals surface area contributed by atoms with Crippen LogP contribution in [-0.2, 0) is 6.54 Å². The maximum absolute atomic E-state index is 12.8. The number of carbonyl (C=O) groups is 1. The van der Waals surface area contributed by atoms with Gasteiger partial charge in [-0.05, 0) is 36.2 Å². The highest BCUT2D eigenvalue weighted by Crippen LogP contribution is 2.30. The van der Waals surface area contributed by atoms with Crippen LogP contribution < -0.4 is 5.32 Å². The number of aromatic nitrogens is 3. The fourth-order valence-electron chi connectivity index (χ4n) is 3.14. The van der Waals surface area contributed by atoms with Crippen molar-refractivity contribution in [1.82, 2.24) is 20.5 Å². The highest BCUT2D eigenvalue weighted by atomic mass is 32.1. The molecule has 6 heteroatoms. The second-order valence-electron chi connectivity index (χ2n) is 6.12. The van der Waals surface area contributed by atoms with Crippen LogP contribution in [0, 0.1) is 13.8 Å². The van der Waals surface area contributed by atoms with Crippen LogP contribution in [0.15, 0.2) is 48.8 Å². The van der Waals surface area contributed by atoms with Gasteiger partial charge in [0.2, 0.25) is 0 Å². The van der Waals surface area contributed by atoms with Crippen molar-refractivity contribution in [2.24, 2.45) is 0 Å².